The van der Waals surface area contributed by atoms with Crippen molar-refractivity contribution >= 4 is 0 Å². The summed E-state index contributed by atoms with van der Waals surface area (Å²) in [6.45, 7) is 9.29. The van der Waals surface area contributed by atoms with Crippen LogP contribution in [0.5, 0.6) is 0 Å². The lowest BCUT2D eigenvalue weighted by atomic mass is 9.77. The number of hydrogen-bond donors (Lipinski definition) is 1. The highest BCUT2D eigenvalue weighted by Gasteiger charge is 2.47. The Hall–Kier alpha value is -0.120. The van der Waals surface area contributed by atoms with Crippen molar-refractivity contribution in [1.82, 2.24) is 10.2 Å². The summed E-state index contributed by atoms with van der Waals surface area (Å²) < 4.78 is 5.34. The quantitative estimate of drug-likeness (QED) is 0.742. The van der Waals surface area contributed by atoms with E-state index in [2.05, 4.69) is 24.1 Å². The lowest BCUT2D eigenvalue weighted by Crippen LogP contribution is -2.63. The largest absolute Gasteiger partial charge is 0.385 e. The first-order chi connectivity index (χ1) is 10.2. The van der Waals surface area contributed by atoms with Gasteiger partial charge in [0.25, 0.3) is 0 Å². The number of ether oxygens (including phenoxy) is 1. The van der Waals surface area contributed by atoms with Gasteiger partial charge in [-0.25, -0.2) is 0 Å². The second kappa shape index (κ2) is 8.50. The predicted octanol–water partition coefficient (Wildman–Crippen LogP) is 3.44. The van der Waals surface area contributed by atoms with E-state index in [1.54, 1.807) is 0 Å². The molecule has 1 heterocycles. The summed E-state index contributed by atoms with van der Waals surface area (Å²) in [5.41, 5.74) is 0.420. The van der Waals surface area contributed by atoms with E-state index in [1.165, 1.54) is 64.5 Å². The van der Waals surface area contributed by atoms with Gasteiger partial charge in [0.1, 0.15) is 0 Å². The highest BCUT2D eigenvalue weighted by molar-refractivity contribution is 5.05. The molecular formula is C18H36N2O. The summed E-state index contributed by atoms with van der Waals surface area (Å²) >= 11 is 0. The maximum atomic E-state index is 5.34. The Kier molecular flexibility index (Phi) is 6.97. The number of piperidine rings is 1. The van der Waals surface area contributed by atoms with Crippen molar-refractivity contribution in [2.75, 3.05) is 33.4 Å². The zero-order chi connectivity index (χ0) is 15.1. The number of rotatable bonds is 8. The molecule has 1 saturated carbocycles. The van der Waals surface area contributed by atoms with Gasteiger partial charge in [0.2, 0.25) is 0 Å². The molecule has 124 valence electrons. The topological polar surface area (TPSA) is 24.5 Å². The van der Waals surface area contributed by atoms with Gasteiger partial charge in [0.05, 0.1) is 0 Å². The van der Waals surface area contributed by atoms with E-state index in [1.807, 2.05) is 7.11 Å². The molecule has 1 N–H and O–H groups in total. The Morgan fingerprint density at radius 3 is 2.33 bits per heavy atom. The first-order valence-electron chi connectivity index (χ1n) is 9.22. The summed E-state index contributed by atoms with van der Waals surface area (Å²) in [7, 11) is 1.82. The summed E-state index contributed by atoms with van der Waals surface area (Å²) in [6.07, 6.45) is 11.0. The number of nitrogens with zero attached hydrogens (tertiary/aromatic N) is 1. The molecule has 2 unspecified atom stereocenters. The lowest BCUT2D eigenvalue weighted by molar-refractivity contribution is 0.0148. The molecule has 0 amide bonds. The van der Waals surface area contributed by atoms with Gasteiger partial charge in [0, 0.05) is 25.3 Å². The molecule has 0 aromatic carbocycles. The van der Waals surface area contributed by atoms with Crippen LogP contribution in [0.15, 0.2) is 0 Å². The second-order valence-corrected chi connectivity index (χ2v) is 7.15. The summed E-state index contributed by atoms with van der Waals surface area (Å²) in [5.74, 6) is 0.685. The number of methoxy groups -OCH3 is 1. The Morgan fingerprint density at radius 1 is 1.10 bits per heavy atom. The molecule has 0 radical (unpaired) electrons. The van der Waals surface area contributed by atoms with Crippen molar-refractivity contribution in [1.29, 1.82) is 0 Å². The SMILES string of the molecule is CCNC(C(C)CCOC)C1(N2CCCCC2)CCCC1. The molecule has 2 rings (SSSR count). The van der Waals surface area contributed by atoms with Crippen LogP contribution in [0.1, 0.15) is 65.2 Å². The molecular weight excluding hydrogens is 260 g/mol. The standard InChI is InChI=1S/C18H36N2O/c1-4-19-17(16(2)10-15-21-3)18(11-6-7-12-18)20-13-8-5-9-14-20/h16-17,19H,4-15H2,1-3H3. The van der Waals surface area contributed by atoms with Gasteiger partial charge in [0.15, 0.2) is 0 Å². The maximum Gasteiger partial charge on any atom is 0.0465 e. The molecule has 1 aliphatic carbocycles. The van der Waals surface area contributed by atoms with Gasteiger partial charge in [-0.3, -0.25) is 4.90 Å². The normalized spacial score (nSPS) is 25.9. The third-order valence-electron chi connectivity index (χ3n) is 5.80. The van der Waals surface area contributed by atoms with Gasteiger partial charge in [-0.2, -0.15) is 0 Å². The van der Waals surface area contributed by atoms with E-state index in [0.29, 0.717) is 17.5 Å². The molecule has 3 nitrogen and oxygen atoms in total. The number of nitrogens with one attached hydrogen (secondary N) is 1. The van der Waals surface area contributed by atoms with Crippen LogP contribution >= 0.6 is 0 Å². The van der Waals surface area contributed by atoms with Gasteiger partial charge >= 0.3 is 0 Å². The minimum absolute atomic E-state index is 0.420. The maximum absolute atomic E-state index is 5.34. The van der Waals surface area contributed by atoms with Crippen LogP contribution in [0.2, 0.25) is 0 Å². The minimum Gasteiger partial charge on any atom is -0.385 e. The fraction of sp³-hybridized carbons (Fsp3) is 1.00. The number of hydrogen-bond acceptors (Lipinski definition) is 3. The van der Waals surface area contributed by atoms with Gasteiger partial charge in [-0.05, 0) is 57.7 Å². The van der Waals surface area contributed by atoms with E-state index in [0.717, 1.165) is 13.2 Å². The summed E-state index contributed by atoms with van der Waals surface area (Å²) in [4.78, 5) is 2.86. The Bertz CT molecular complexity index is 283. The number of likely N-dealkylation sites (tertiary alicyclic amines) is 1. The molecule has 1 aliphatic heterocycles. The summed E-state index contributed by atoms with van der Waals surface area (Å²) in [6, 6.07) is 0.623. The van der Waals surface area contributed by atoms with E-state index >= 15 is 0 Å². The van der Waals surface area contributed by atoms with Crippen molar-refractivity contribution < 1.29 is 4.74 Å². The zero-order valence-electron chi connectivity index (χ0n) is 14.5. The van der Waals surface area contributed by atoms with Gasteiger partial charge in [-0.1, -0.05) is 33.1 Å². The van der Waals surface area contributed by atoms with Crippen LogP contribution in [0.3, 0.4) is 0 Å². The smallest absolute Gasteiger partial charge is 0.0465 e. The Labute approximate surface area is 131 Å². The molecule has 0 spiro atoms. The monoisotopic (exact) mass is 296 g/mol. The van der Waals surface area contributed by atoms with E-state index in [9.17, 15) is 0 Å². The molecule has 2 fully saturated rings. The molecule has 0 aromatic heterocycles. The fourth-order valence-corrected chi connectivity index (χ4v) is 4.76. The highest BCUT2D eigenvalue weighted by atomic mass is 16.5. The van der Waals surface area contributed by atoms with Crippen molar-refractivity contribution in [3.8, 4) is 0 Å². The molecule has 2 aliphatic rings. The first-order valence-corrected chi connectivity index (χ1v) is 9.22. The van der Waals surface area contributed by atoms with Gasteiger partial charge in [-0.15, -0.1) is 0 Å². The number of likely N-dealkylation sites (N-methyl/N-ethyl adjacent to an activating group) is 1. The molecule has 0 bridgehead atoms. The fourth-order valence-electron chi connectivity index (χ4n) is 4.76. The minimum atomic E-state index is 0.420. The van der Waals surface area contributed by atoms with E-state index in [-0.39, 0.29) is 0 Å². The average molecular weight is 296 g/mol. The van der Waals surface area contributed by atoms with Crippen LogP contribution in [0.25, 0.3) is 0 Å². The van der Waals surface area contributed by atoms with Crippen LogP contribution < -0.4 is 5.32 Å². The molecule has 2 atom stereocenters. The zero-order valence-corrected chi connectivity index (χ0v) is 14.5. The molecule has 21 heavy (non-hydrogen) atoms. The second-order valence-electron chi connectivity index (χ2n) is 7.15. The van der Waals surface area contributed by atoms with Crippen LogP contribution in [0, 0.1) is 5.92 Å². The molecule has 0 aromatic rings. The van der Waals surface area contributed by atoms with Crippen LogP contribution in [-0.4, -0.2) is 49.8 Å². The predicted molar refractivity (Wildman–Crippen MR) is 89.7 cm³/mol. The molecule has 1 saturated heterocycles. The van der Waals surface area contributed by atoms with E-state index < -0.39 is 0 Å². The lowest BCUT2D eigenvalue weighted by Gasteiger charge is -2.50. The molecule has 3 heteroatoms. The highest BCUT2D eigenvalue weighted by Crippen LogP contribution is 2.42. The summed E-state index contributed by atoms with van der Waals surface area (Å²) in [5, 5.41) is 3.87. The Morgan fingerprint density at radius 2 is 1.76 bits per heavy atom. The Balaban J connectivity index is 2.14. The third-order valence-corrected chi connectivity index (χ3v) is 5.80. The van der Waals surface area contributed by atoms with Crippen molar-refractivity contribution in [2.45, 2.75) is 76.8 Å². The van der Waals surface area contributed by atoms with Gasteiger partial charge < -0.3 is 10.1 Å². The van der Waals surface area contributed by atoms with Crippen molar-refractivity contribution in [3.63, 3.8) is 0 Å². The van der Waals surface area contributed by atoms with Crippen LogP contribution in [-0.2, 0) is 4.74 Å². The van der Waals surface area contributed by atoms with Crippen molar-refractivity contribution in [3.05, 3.63) is 0 Å². The average Bonchev–Trinajstić information content (AvgIpc) is 3.01. The first kappa shape index (κ1) is 17.2. The van der Waals surface area contributed by atoms with Crippen molar-refractivity contribution in [2.24, 2.45) is 5.92 Å². The van der Waals surface area contributed by atoms with E-state index in [4.69, 9.17) is 4.74 Å². The third kappa shape index (κ3) is 4.00. The van der Waals surface area contributed by atoms with Crippen LogP contribution in [0.4, 0.5) is 0 Å².